The fourth-order valence-electron chi connectivity index (χ4n) is 1.66. The van der Waals surface area contributed by atoms with E-state index < -0.39 is 10.0 Å². The lowest BCUT2D eigenvalue weighted by atomic mass is 10.2. The molecule has 104 valence electrons. The molecule has 0 spiro atoms. The third-order valence-corrected chi connectivity index (χ3v) is 4.84. The maximum atomic E-state index is 12.3. The number of sulfonamides is 1. The molecule has 5 heteroatoms. The zero-order chi connectivity index (χ0) is 14.8. The molecule has 0 fully saturated rings. The van der Waals surface area contributed by atoms with Gasteiger partial charge in [0.25, 0.3) is 10.0 Å². The number of halogens is 1. The van der Waals surface area contributed by atoms with Crippen LogP contribution in [0.4, 0.5) is 5.69 Å². The average Bonchev–Trinajstić information content (AvgIpc) is 2.41. The van der Waals surface area contributed by atoms with E-state index in [1.54, 1.807) is 48.5 Å². The van der Waals surface area contributed by atoms with Crippen molar-refractivity contribution in [3.63, 3.8) is 0 Å². The summed E-state index contributed by atoms with van der Waals surface area (Å²) >= 11 is 3.35. The number of rotatable bonds is 4. The Bertz CT molecular complexity index is 737. The Morgan fingerprint density at radius 2 is 1.80 bits per heavy atom. The molecule has 0 saturated carbocycles. The quantitative estimate of drug-likeness (QED) is 0.896. The molecule has 2 rings (SSSR count). The van der Waals surface area contributed by atoms with Crippen LogP contribution in [0.2, 0.25) is 0 Å². The zero-order valence-electron chi connectivity index (χ0n) is 10.9. The first-order chi connectivity index (χ1) is 9.42. The number of aryl methyl sites for hydroxylation is 1. The lowest BCUT2D eigenvalue weighted by molar-refractivity contribution is 0.601. The molecule has 0 unspecified atom stereocenters. The van der Waals surface area contributed by atoms with Gasteiger partial charge in [-0.25, -0.2) is 8.42 Å². The van der Waals surface area contributed by atoms with Gasteiger partial charge in [-0.2, -0.15) is 0 Å². The van der Waals surface area contributed by atoms with Crippen molar-refractivity contribution < 1.29 is 8.42 Å². The van der Waals surface area contributed by atoms with Crippen molar-refractivity contribution in [2.75, 3.05) is 4.72 Å². The Morgan fingerprint density at radius 3 is 2.35 bits per heavy atom. The SMILES string of the molecule is C=Cc1ccc(NS(=O)(=O)c2ccc(C)cc2)c(Br)c1. The molecule has 0 bridgehead atoms. The summed E-state index contributed by atoms with van der Waals surface area (Å²) < 4.78 is 27.8. The molecule has 0 aliphatic heterocycles. The maximum Gasteiger partial charge on any atom is 0.261 e. The topological polar surface area (TPSA) is 46.2 Å². The molecule has 2 aromatic rings. The minimum atomic E-state index is -3.58. The molecule has 2 aromatic carbocycles. The van der Waals surface area contributed by atoms with Gasteiger partial charge in [0.15, 0.2) is 0 Å². The van der Waals surface area contributed by atoms with Gasteiger partial charge in [-0.15, -0.1) is 0 Å². The van der Waals surface area contributed by atoms with E-state index in [-0.39, 0.29) is 4.90 Å². The van der Waals surface area contributed by atoms with Crippen LogP contribution in [0.5, 0.6) is 0 Å². The number of nitrogens with one attached hydrogen (secondary N) is 1. The van der Waals surface area contributed by atoms with Crippen LogP contribution in [0.1, 0.15) is 11.1 Å². The van der Waals surface area contributed by atoms with Crippen LogP contribution in [0.15, 0.2) is 58.4 Å². The van der Waals surface area contributed by atoms with Gasteiger partial charge in [0.1, 0.15) is 0 Å². The van der Waals surface area contributed by atoms with Crippen molar-refractivity contribution in [2.45, 2.75) is 11.8 Å². The molecule has 0 heterocycles. The van der Waals surface area contributed by atoms with Gasteiger partial charge in [0.05, 0.1) is 10.6 Å². The molecule has 20 heavy (non-hydrogen) atoms. The summed E-state index contributed by atoms with van der Waals surface area (Å²) in [7, 11) is -3.58. The van der Waals surface area contributed by atoms with Crippen LogP contribution in [0, 0.1) is 6.92 Å². The molecule has 3 nitrogen and oxygen atoms in total. The number of hydrogen-bond donors (Lipinski definition) is 1. The molecular weight excluding hydrogens is 338 g/mol. The second-order valence-electron chi connectivity index (χ2n) is 4.36. The number of anilines is 1. The van der Waals surface area contributed by atoms with E-state index in [4.69, 9.17) is 0 Å². The van der Waals surface area contributed by atoms with Gasteiger partial charge in [-0.1, -0.05) is 36.4 Å². The van der Waals surface area contributed by atoms with Gasteiger partial charge in [-0.05, 0) is 52.7 Å². The highest BCUT2D eigenvalue weighted by molar-refractivity contribution is 9.10. The van der Waals surface area contributed by atoms with Crippen LogP contribution < -0.4 is 4.72 Å². The van der Waals surface area contributed by atoms with Gasteiger partial charge in [-0.3, -0.25) is 4.72 Å². The second kappa shape index (κ2) is 5.81. The standard InChI is InChI=1S/C15H14BrNO2S/c1-3-12-6-9-15(14(16)10-12)17-20(18,19)13-7-4-11(2)5-8-13/h3-10,17H,1H2,2H3. The second-order valence-corrected chi connectivity index (χ2v) is 6.90. The lowest BCUT2D eigenvalue weighted by Gasteiger charge is -2.10. The van der Waals surface area contributed by atoms with E-state index >= 15 is 0 Å². The average molecular weight is 352 g/mol. The molecule has 0 atom stereocenters. The molecule has 0 amide bonds. The number of benzene rings is 2. The fourth-order valence-corrected chi connectivity index (χ4v) is 3.37. The summed E-state index contributed by atoms with van der Waals surface area (Å²) in [6, 6.07) is 12.0. The Balaban J connectivity index is 2.33. The van der Waals surface area contributed by atoms with E-state index in [1.165, 1.54) is 0 Å². The van der Waals surface area contributed by atoms with Crippen molar-refractivity contribution in [3.05, 3.63) is 64.6 Å². The van der Waals surface area contributed by atoms with Crippen LogP contribution >= 0.6 is 15.9 Å². The normalized spacial score (nSPS) is 11.1. The first kappa shape index (κ1) is 14.8. The predicted octanol–water partition coefficient (Wildman–Crippen LogP) is 4.20. The summed E-state index contributed by atoms with van der Waals surface area (Å²) in [5.41, 5.74) is 2.42. The Hall–Kier alpha value is -1.59. The van der Waals surface area contributed by atoms with Crippen molar-refractivity contribution >= 4 is 37.7 Å². The van der Waals surface area contributed by atoms with E-state index in [9.17, 15) is 8.42 Å². The minimum absolute atomic E-state index is 0.239. The van der Waals surface area contributed by atoms with Gasteiger partial charge < -0.3 is 0 Å². The summed E-state index contributed by atoms with van der Waals surface area (Å²) in [5, 5.41) is 0. The van der Waals surface area contributed by atoms with E-state index in [0.717, 1.165) is 11.1 Å². The smallest absolute Gasteiger partial charge is 0.261 e. The monoisotopic (exact) mass is 351 g/mol. The molecule has 0 saturated heterocycles. The first-order valence-electron chi connectivity index (χ1n) is 5.94. The molecule has 0 aromatic heterocycles. The highest BCUT2D eigenvalue weighted by atomic mass is 79.9. The van der Waals surface area contributed by atoms with Gasteiger partial charge >= 0.3 is 0 Å². The maximum absolute atomic E-state index is 12.3. The van der Waals surface area contributed by atoms with Crippen LogP contribution in [0.3, 0.4) is 0 Å². The van der Waals surface area contributed by atoms with Crippen LogP contribution in [0.25, 0.3) is 6.08 Å². The molecule has 0 radical (unpaired) electrons. The highest BCUT2D eigenvalue weighted by Gasteiger charge is 2.15. The minimum Gasteiger partial charge on any atom is -0.278 e. The summed E-state index contributed by atoms with van der Waals surface area (Å²) in [6.07, 6.45) is 1.70. The summed E-state index contributed by atoms with van der Waals surface area (Å²) in [5.74, 6) is 0. The molecule has 0 aliphatic carbocycles. The van der Waals surface area contributed by atoms with Crippen molar-refractivity contribution in [1.29, 1.82) is 0 Å². The third-order valence-electron chi connectivity index (χ3n) is 2.80. The van der Waals surface area contributed by atoms with Crippen molar-refractivity contribution in [3.8, 4) is 0 Å². The largest absolute Gasteiger partial charge is 0.278 e. The van der Waals surface area contributed by atoms with Crippen LogP contribution in [-0.4, -0.2) is 8.42 Å². The molecule has 1 N–H and O–H groups in total. The fraction of sp³-hybridized carbons (Fsp3) is 0.0667. The lowest BCUT2D eigenvalue weighted by Crippen LogP contribution is -2.13. The Morgan fingerprint density at radius 1 is 1.15 bits per heavy atom. The van der Waals surface area contributed by atoms with Gasteiger partial charge in [0, 0.05) is 4.47 Å². The Kier molecular flexibility index (Phi) is 4.30. The van der Waals surface area contributed by atoms with Crippen molar-refractivity contribution in [2.24, 2.45) is 0 Å². The number of hydrogen-bond acceptors (Lipinski definition) is 2. The highest BCUT2D eigenvalue weighted by Crippen LogP contribution is 2.26. The third kappa shape index (κ3) is 3.29. The molecule has 0 aliphatic rings. The Labute approximate surface area is 127 Å². The van der Waals surface area contributed by atoms with E-state index in [1.807, 2.05) is 6.92 Å². The van der Waals surface area contributed by atoms with E-state index in [0.29, 0.717) is 10.2 Å². The van der Waals surface area contributed by atoms with Crippen molar-refractivity contribution in [1.82, 2.24) is 0 Å². The summed E-state index contributed by atoms with van der Waals surface area (Å²) in [4.78, 5) is 0.239. The first-order valence-corrected chi connectivity index (χ1v) is 8.21. The van der Waals surface area contributed by atoms with Crippen LogP contribution in [-0.2, 0) is 10.0 Å². The zero-order valence-corrected chi connectivity index (χ0v) is 13.3. The predicted molar refractivity (Wildman–Crippen MR) is 86.2 cm³/mol. The molecular formula is C15H14BrNO2S. The van der Waals surface area contributed by atoms with E-state index in [2.05, 4.69) is 27.2 Å². The van der Waals surface area contributed by atoms with Gasteiger partial charge in [0.2, 0.25) is 0 Å². The summed E-state index contributed by atoms with van der Waals surface area (Å²) in [6.45, 7) is 5.58.